The Kier molecular flexibility index (Phi) is 4.47. The van der Waals surface area contributed by atoms with E-state index >= 15 is 0 Å². The third kappa shape index (κ3) is 2.68. The van der Waals surface area contributed by atoms with E-state index in [4.69, 9.17) is 14.2 Å². The standard InChI is InChI=1S/C11H13NO6/c1-4-18-11(13)7-5-10(17-3)8(12(14)15)6-9(7)16-2/h5-6H,4H2,1-3H3. The number of nitrogens with zero attached hydrogens (tertiary/aromatic N) is 1. The van der Waals surface area contributed by atoms with Gasteiger partial charge < -0.3 is 14.2 Å². The molecule has 0 bridgehead atoms. The number of nitro benzene ring substituents is 1. The number of hydrogen-bond acceptors (Lipinski definition) is 6. The fourth-order valence-electron chi connectivity index (χ4n) is 1.39. The Morgan fingerprint density at radius 2 is 1.89 bits per heavy atom. The molecule has 0 atom stereocenters. The summed E-state index contributed by atoms with van der Waals surface area (Å²) >= 11 is 0. The second-order valence-electron chi connectivity index (χ2n) is 3.20. The van der Waals surface area contributed by atoms with E-state index in [2.05, 4.69) is 0 Å². The lowest BCUT2D eigenvalue weighted by Crippen LogP contribution is -2.08. The van der Waals surface area contributed by atoms with Gasteiger partial charge in [-0.25, -0.2) is 4.79 Å². The van der Waals surface area contributed by atoms with Crippen molar-refractivity contribution in [3.8, 4) is 11.5 Å². The molecule has 0 amide bonds. The van der Waals surface area contributed by atoms with Crippen LogP contribution in [-0.4, -0.2) is 31.7 Å². The minimum absolute atomic E-state index is 0.0242. The third-order valence-corrected chi connectivity index (χ3v) is 2.19. The highest BCUT2D eigenvalue weighted by atomic mass is 16.6. The second-order valence-corrected chi connectivity index (χ2v) is 3.20. The van der Waals surface area contributed by atoms with Crippen LogP contribution in [0.3, 0.4) is 0 Å². The normalized spacial score (nSPS) is 9.72. The molecule has 1 aromatic rings. The first-order valence-corrected chi connectivity index (χ1v) is 5.12. The number of ether oxygens (including phenoxy) is 3. The molecule has 0 saturated heterocycles. The van der Waals surface area contributed by atoms with Gasteiger partial charge >= 0.3 is 11.7 Å². The van der Waals surface area contributed by atoms with E-state index in [0.29, 0.717) is 0 Å². The van der Waals surface area contributed by atoms with Crippen LogP contribution in [-0.2, 0) is 4.74 Å². The molecule has 7 heteroatoms. The quantitative estimate of drug-likeness (QED) is 0.452. The molecule has 0 aliphatic carbocycles. The Balaban J connectivity index is 3.34. The van der Waals surface area contributed by atoms with E-state index in [-0.39, 0.29) is 29.4 Å². The van der Waals surface area contributed by atoms with Gasteiger partial charge in [0.1, 0.15) is 11.3 Å². The maximum absolute atomic E-state index is 11.6. The minimum atomic E-state index is -0.623. The van der Waals surface area contributed by atoms with Gasteiger partial charge in [0.2, 0.25) is 0 Å². The number of rotatable bonds is 5. The van der Waals surface area contributed by atoms with E-state index < -0.39 is 10.9 Å². The summed E-state index contributed by atoms with van der Waals surface area (Å²) in [6, 6.07) is 2.36. The van der Waals surface area contributed by atoms with Gasteiger partial charge in [0.25, 0.3) is 0 Å². The largest absolute Gasteiger partial charge is 0.496 e. The van der Waals surface area contributed by atoms with Crippen LogP contribution in [0.2, 0.25) is 0 Å². The smallest absolute Gasteiger partial charge is 0.342 e. The first-order chi connectivity index (χ1) is 8.54. The topological polar surface area (TPSA) is 87.9 Å². The predicted octanol–water partition coefficient (Wildman–Crippen LogP) is 1.79. The maximum atomic E-state index is 11.6. The molecule has 7 nitrogen and oxygen atoms in total. The average Bonchev–Trinajstić information content (AvgIpc) is 2.37. The Bertz CT molecular complexity index is 471. The number of methoxy groups -OCH3 is 2. The van der Waals surface area contributed by atoms with Crippen LogP contribution in [0.1, 0.15) is 17.3 Å². The molecule has 0 spiro atoms. The Morgan fingerprint density at radius 3 is 2.33 bits per heavy atom. The molecule has 98 valence electrons. The van der Waals surface area contributed by atoms with Crippen molar-refractivity contribution in [3.05, 3.63) is 27.8 Å². The molecule has 1 rings (SSSR count). The van der Waals surface area contributed by atoms with Gasteiger partial charge in [0.05, 0.1) is 31.8 Å². The first kappa shape index (κ1) is 13.8. The molecule has 0 radical (unpaired) electrons. The molecule has 0 N–H and O–H groups in total. The van der Waals surface area contributed by atoms with E-state index in [1.165, 1.54) is 20.3 Å². The van der Waals surface area contributed by atoms with Crippen molar-refractivity contribution in [1.82, 2.24) is 0 Å². The third-order valence-electron chi connectivity index (χ3n) is 2.19. The highest BCUT2D eigenvalue weighted by Crippen LogP contribution is 2.34. The zero-order valence-corrected chi connectivity index (χ0v) is 10.3. The lowest BCUT2D eigenvalue weighted by molar-refractivity contribution is -0.385. The van der Waals surface area contributed by atoms with E-state index in [9.17, 15) is 14.9 Å². The van der Waals surface area contributed by atoms with Crippen LogP contribution in [0.5, 0.6) is 11.5 Å². The Labute approximate surface area is 103 Å². The van der Waals surface area contributed by atoms with Crippen molar-refractivity contribution in [1.29, 1.82) is 0 Å². The molecule has 1 aromatic carbocycles. The Morgan fingerprint density at radius 1 is 1.28 bits per heavy atom. The summed E-state index contributed by atoms with van der Waals surface area (Å²) in [5.41, 5.74) is -0.191. The number of carbonyl (C=O) groups is 1. The van der Waals surface area contributed by atoms with Gasteiger partial charge in [-0.05, 0) is 6.92 Å². The molecule has 0 fully saturated rings. The second kappa shape index (κ2) is 5.85. The van der Waals surface area contributed by atoms with Crippen molar-refractivity contribution in [2.24, 2.45) is 0 Å². The van der Waals surface area contributed by atoms with Crippen molar-refractivity contribution in [2.45, 2.75) is 6.92 Å². The molecule has 0 aromatic heterocycles. The van der Waals surface area contributed by atoms with Crippen molar-refractivity contribution >= 4 is 11.7 Å². The highest BCUT2D eigenvalue weighted by molar-refractivity contribution is 5.93. The summed E-state index contributed by atoms with van der Waals surface area (Å²) < 4.78 is 14.6. The summed E-state index contributed by atoms with van der Waals surface area (Å²) in [6.45, 7) is 1.86. The molecule has 0 saturated carbocycles. The summed E-state index contributed by atoms with van der Waals surface area (Å²) in [7, 11) is 2.60. The molecule has 0 heterocycles. The lowest BCUT2D eigenvalue weighted by atomic mass is 10.1. The molecule has 18 heavy (non-hydrogen) atoms. The van der Waals surface area contributed by atoms with Crippen LogP contribution in [0.15, 0.2) is 12.1 Å². The minimum Gasteiger partial charge on any atom is -0.496 e. The summed E-state index contributed by atoms with van der Waals surface area (Å²) in [4.78, 5) is 21.8. The van der Waals surface area contributed by atoms with Crippen molar-refractivity contribution in [2.75, 3.05) is 20.8 Å². The summed E-state index contributed by atoms with van der Waals surface area (Å²) in [6.07, 6.45) is 0. The van der Waals surface area contributed by atoms with E-state index in [1.807, 2.05) is 0 Å². The van der Waals surface area contributed by atoms with Crippen LogP contribution >= 0.6 is 0 Å². The zero-order valence-electron chi connectivity index (χ0n) is 10.3. The van der Waals surface area contributed by atoms with Gasteiger partial charge in [0.15, 0.2) is 5.75 Å². The molecule has 0 unspecified atom stereocenters. The predicted molar refractivity (Wildman–Crippen MR) is 62.2 cm³/mol. The first-order valence-electron chi connectivity index (χ1n) is 5.12. The summed E-state index contributed by atoms with van der Waals surface area (Å²) in [5, 5.41) is 10.8. The monoisotopic (exact) mass is 255 g/mol. The fourth-order valence-corrected chi connectivity index (χ4v) is 1.39. The van der Waals surface area contributed by atoms with Gasteiger partial charge in [-0.15, -0.1) is 0 Å². The summed E-state index contributed by atoms with van der Waals surface area (Å²) in [5.74, 6) is -0.577. The lowest BCUT2D eigenvalue weighted by Gasteiger charge is -2.10. The number of esters is 1. The van der Waals surface area contributed by atoms with Gasteiger partial charge in [-0.3, -0.25) is 10.1 Å². The van der Waals surface area contributed by atoms with Gasteiger partial charge in [-0.1, -0.05) is 0 Å². The van der Waals surface area contributed by atoms with Crippen molar-refractivity contribution in [3.63, 3.8) is 0 Å². The number of carbonyl (C=O) groups excluding carboxylic acids is 1. The van der Waals surface area contributed by atoms with Gasteiger partial charge in [0, 0.05) is 6.07 Å². The SMILES string of the molecule is CCOC(=O)c1cc(OC)c([N+](=O)[O-])cc1OC. The average molecular weight is 255 g/mol. The van der Waals surface area contributed by atoms with E-state index in [0.717, 1.165) is 6.07 Å². The van der Waals surface area contributed by atoms with Crippen LogP contribution in [0.25, 0.3) is 0 Å². The van der Waals surface area contributed by atoms with Crippen molar-refractivity contribution < 1.29 is 23.9 Å². The fraction of sp³-hybridized carbons (Fsp3) is 0.364. The number of benzene rings is 1. The zero-order chi connectivity index (χ0) is 13.7. The molecular weight excluding hydrogens is 242 g/mol. The maximum Gasteiger partial charge on any atom is 0.342 e. The van der Waals surface area contributed by atoms with Crippen LogP contribution < -0.4 is 9.47 Å². The van der Waals surface area contributed by atoms with Crippen LogP contribution in [0.4, 0.5) is 5.69 Å². The highest BCUT2D eigenvalue weighted by Gasteiger charge is 2.23. The van der Waals surface area contributed by atoms with E-state index in [1.54, 1.807) is 6.92 Å². The molecule has 0 aliphatic heterocycles. The molecular formula is C11H13NO6. The number of hydrogen-bond donors (Lipinski definition) is 0. The molecule has 0 aliphatic rings. The van der Waals surface area contributed by atoms with Crippen LogP contribution in [0, 0.1) is 10.1 Å². The van der Waals surface area contributed by atoms with Gasteiger partial charge in [-0.2, -0.15) is 0 Å². The number of nitro groups is 1. The Hall–Kier alpha value is -2.31.